The van der Waals surface area contributed by atoms with Crippen molar-refractivity contribution in [3.63, 3.8) is 0 Å². The van der Waals surface area contributed by atoms with Gasteiger partial charge in [-0.1, -0.05) is 13.8 Å². The highest BCUT2D eigenvalue weighted by Crippen LogP contribution is 2.36. The topological polar surface area (TPSA) is 32.3 Å². The van der Waals surface area contributed by atoms with Crippen molar-refractivity contribution in [2.75, 3.05) is 24.6 Å². The summed E-state index contributed by atoms with van der Waals surface area (Å²) in [6.45, 7) is 7.07. The van der Waals surface area contributed by atoms with Crippen molar-refractivity contribution in [3.05, 3.63) is 0 Å². The summed E-state index contributed by atoms with van der Waals surface area (Å²) in [5, 5.41) is 3.79. The van der Waals surface area contributed by atoms with Gasteiger partial charge in [0.1, 0.15) is 0 Å². The monoisotopic (exact) mass is 284 g/mol. The molecule has 3 nitrogen and oxygen atoms in total. The predicted octanol–water partition coefficient (Wildman–Crippen LogP) is 1.61. The van der Waals surface area contributed by atoms with E-state index in [9.17, 15) is 4.21 Å². The Labute approximate surface area is 120 Å². The summed E-state index contributed by atoms with van der Waals surface area (Å²) in [6.07, 6.45) is 5.14. The van der Waals surface area contributed by atoms with E-state index in [0.717, 1.165) is 42.9 Å². The van der Waals surface area contributed by atoms with Crippen molar-refractivity contribution >= 4 is 10.8 Å². The van der Waals surface area contributed by atoms with E-state index in [-0.39, 0.29) is 0 Å². The number of hydrogen-bond donors (Lipinski definition) is 1. The van der Waals surface area contributed by atoms with E-state index in [0.29, 0.717) is 18.0 Å². The molecule has 4 heteroatoms. The normalized spacial score (nSPS) is 41.6. The number of hydrogen-bond acceptors (Lipinski definition) is 3. The van der Waals surface area contributed by atoms with Crippen LogP contribution >= 0.6 is 0 Å². The van der Waals surface area contributed by atoms with Gasteiger partial charge in [0.25, 0.3) is 0 Å². The molecule has 110 valence electrons. The van der Waals surface area contributed by atoms with Crippen LogP contribution in [0.2, 0.25) is 0 Å². The fourth-order valence-corrected chi connectivity index (χ4v) is 5.06. The summed E-state index contributed by atoms with van der Waals surface area (Å²) in [5.41, 5.74) is 0. The van der Waals surface area contributed by atoms with E-state index in [1.54, 1.807) is 0 Å². The maximum Gasteiger partial charge on any atom is 0.0249 e. The van der Waals surface area contributed by atoms with E-state index >= 15 is 0 Å². The maximum absolute atomic E-state index is 11.6. The number of nitrogens with zero attached hydrogens (tertiary/aromatic N) is 1. The van der Waals surface area contributed by atoms with Crippen LogP contribution in [0.25, 0.3) is 0 Å². The zero-order valence-corrected chi connectivity index (χ0v) is 13.1. The van der Waals surface area contributed by atoms with Gasteiger partial charge < -0.3 is 5.32 Å². The number of rotatable bonds is 3. The van der Waals surface area contributed by atoms with Gasteiger partial charge in [0.15, 0.2) is 0 Å². The molecule has 1 N–H and O–H groups in total. The Balaban J connectivity index is 1.67. The first-order valence-corrected chi connectivity index (χ1v) is 9.48. The molecule has 1 saturated carbocycles. The lowest BCUT2D eigenvalue weighted by molar-refractivity contribution is 0.0467. The molecule has 2 aliphatic heterocycles. The minimum Gasteiger partial charge on any atom is -0.311 e. The standard InChI is InChI=1S/C15H28N2OS/c1-11(2)15-9-16-14(12-3-4-12)10-17(15)13-5-7-19(18)8-6-13/h11-16H,3-10H2,1-2H3. The van der Waals surface area contributed by atoms with Crippen molar-refractivity contribution < 1.29 is 4.21 Å². The first kappa shape index (κ1) is 14.0. The molecule has 3 aliphatic rings. The highest BCUT2D eigenvalue weighted by atomic mass is 32.2. The lowest BCUT2D eigenvalue weighted by Gasteiger charge is -2.47. The minimum absolute atomic E-state index is 0.535. The second-order valence-electron chi connectivity index (χ2n) is 6.94. The van der Waals surface area contributed by atoms with Crippen molar-refractivity contribution in [2.24, 2.45) is 11.8 Å². The Bertz CT molecular complexity index is 333. The molecular formula is C15H28N2OS. The lowest BCUT2D eigenvalue weighted by Crippen LogP contribution is -2.62. The second kappa shape index (κ2) is 5.82. The number of nitrogens with one attached hydrogen (secondary N) is 1. The van der Waals surface area contributed by atoms with Crippen molar-refractivity contribution in [1.29, 1.82) is 0 Å². The Morgan fingerprint density at radius 2 is 1.84 bits per heavy atom. The third kappa shape index (κ3) is 3.22. The molecule has 0 radical (unpaired) electrons. The van der Waals surface area contributed by atoms with Gasteiger partial charge in [0.05, 0.1) is 0 Å². The SMILES string of the molecule is CC(C)C1CNC(C2CC2)CN1C1CCS(=O)CC1. The highest BCUT2D eigenvalue weighted by molar-refractivity contribution is 7.85. The van der Waals surface area contributed by atoms with Crippen molar-refractivity contribution in [2.45, 2.75) is 57.7 Å². The zero-order chi connectivity index (χ0) is 13.4. The van der Waals surface area contributed by atoms with E-state index < -0.39 is 10.8 Å². The molecule has 0 aromatic heterocycles. The Hall–Kier alpha value is 0.0700. The van der Waals surface area contributed by atoms with Gasteiger partial charge in [-0.05, 0) is 37.5 Å². The second-order valence-corrected chi connectivity index (χ2v) is 8.64. The summed E-state index contributed by atoms with van der Waals surface area (Å²) >= 11 is 0. The fraction of sp³-hybridized carbons (Fsp3) is 1.00. The lowest BCUT2D eigenvalue weighted by atomic mass is 9.93. The Morgan fingerprint density at radius 3 is 2.42 bits per heavy atom. The molecule has 19 heavy (non-hydrogen) atoms. The smallest absolute Gasteiger partial charge is 0.0249 e. The average Bonchev–Trinajstić information content (AvgIpc) is 3.23. The molecule has 0 bridgehead atoms. The van der Waals surface area contributed by atoms with Crippen LogP contribution in [0.5, 0.6) is 0 Å². The van der Waals surface area contributed by atoms with Crippen molar-refractivity contribution in [1.82, 2.24) is 10.2 Å². The van der Waals surface area contributed by atoms with E-state index in [2.05, 4.69) is 24.1 Å². The number of piperazine rings is 1. The molecule has 0 amide bonds. The van der Waals surface area contributed by atoms with Crippen LogP contribution in [0, 0.1) is 11.8 Å². The van der Waals surface area contributed by atoms with Gasteiger partial charge in [0, 0.05) is 53.5 Å². The van der Waals surface area contributed by atoms with Gasteiger partial charge >= 0.3 is 0 Å². The van der Waals surface area contributed by atoms with Gasteiger partial charge in [-0.2, -0.15) is 0 Å². The fourth-order valence-electron chi connectivity index (χ4n) is 3.78. The highest BCUT2D eigenvalue weighted by Gasteiger charge is 2.40. The molecule has 1 aliphatic carbocycles. The van der Waals surface area contributed by atoms with Crippen LogP contribution < -0.4 is 5.32 Å². The van der Waals surface area contributed by atoms with Crippen molar-refractivity contribution in [3.8, 4) is 0 Å². The first-order valence-electron chi connectivity index (χ1n) is 7.99. The Morgan fingerprint density at radius 1 is 1.16 bits per heavy atom. The third-order valence-corrected chi connectivity index (χ3v) is 6.59. The largest absolute Gasteiger partial charge is 0.311 e. The van der Waals surface area contributed by atoms with Crippen LogP contribution in [0.4, 0.5) is 0 Å². The molecule has 3 fully saturated rings. The van der Waals surface area contributed by atoms with E-state index in [1.165, 1.54) is 19.4 Å². The minimum atomic E-state index is -0.535. The quantitative estimate of drug-likeness (QED) is 0.854. The summed E-state index contributed by atoms with van der Waals surface area (Å²) in [7, 11) is -0.535. The average molecular weight is 284 g/mol. The summed E-state index contributed by atoms with van der Waals surface area (Å²) in [6, 6.07) is 2.09. The van der Waals surface area contributed by atoms with Gasteiger partial charge in [-0.15, -0.1) is 0 Å². The molecule has 2 saturated heterocycles. The third-order valence-electron chi connectivity index (χ3n) is 5.21. The zero-order valence-electron chi connectivity index (χ0n) is 12.3. The molecule has 2 heterocycles. The van der Waals surface area contributed by atoms with Crippen LogP contribution in [-0.4, -0.2) is 51.8 Å². The summed E-state index contributed by atoms with van der Waals surface area (Å²) in [5.74, 6) is 3.49. The van der Waals surface area contributed by atoms with E-state index in [4.69, 9.17) is 0 Å². The predicted molar refractivity (Wildman–Crippen MR) is 80.7 cm³/mol. The molecule has 3 rings (SSSR count). The molecule has 0 aromatic rings. The van der Waals surface area contributed by atoms with E-state index in [1.807, 2.05) is 0 Å². The molecular weight excluding hydrogens is 256 g/mol. The first-order chi connectivity index (χ1) is 9.15. The van der Waals surface area contributed by atoms with Crippen LogP contribution in [-0.2, 0) is 10.8 Å². The summed E-state index contributed by atoms with van der Waals surface area (Å²) < 4.78 is 11.6. The van der Waals surface area contributed by atoms with Crippen LogP contribution in [0.1, 0.15) is 39.5 Å². The van der Waals surface area contributed by atoms with Crippen LogP contribution in [0.15, 0.2) is 0 Å². The molecule has 0 spiro atoms. The van der Waals surface area contributed by atoms with Gasteiger partial charge in [-0.3, -0.25) is 9.11 Å². The Kier molecular flexibility index (Phi) is 4.30. The maximum atomic E-state index is 11.6. The molecule has 2 unspecified atom stereocenters. The van der Waals surface area contributed by atoms with Gasteiger partial charge in [0.2, 0.25) is 0 Å². The molecule has 2 atom stereocenters. The molecule has 0 aromatic carbocycles. The van der Waals surface area contributed by atoms with Gasteiger partial charge in [-0.25, -0.2) is 0 Å². The summed E-state index contributed by atoms with van der Waals surface area (Å²) in [4.78, 5) is 2.78. The van der Waals surface area contributed by atoms with Crippen LogP contribution in [0.3, 0.4) is 0 Å².